The Morgan fingerprint density at radius 1 is 1.45 bits per heavy atom. The lowest BCUT2D eigenvalue weighted by molar-refractivity contribution is 0.0671. The van der Waals surface area contributed by atoms with E-state index in [2.05, 4.69) is 18.9 Å². The molecule has 4 nitrogen and oxygen atoms in total. The lowest BCUT2D eigenvalue weighted by Crippen LogP contribution is -2.43. The Hall–Kier alpha value is -1.62. The number of rotatable bonds is 2. The molecule has 0 spiro atoms. The van der Waals surface area contributed by atoms with Crippen molar-refractivity contribution < 1.29 is 9.18 Å². The highest BCUT2D eigenvalue weighted by Crippen LogP contribution is 2.19. The minimum atomic E-state index is -0.539. The molecule has 1 fully saturated rings. The summed E-state index contributed by atoms with van der Waals surface area (Å²) in [4.78, 5) is 16.6. The number of nitrogens with zero attached hydrogens (tertiary/aromatic N) is 2. The van der Waals surface area contributed by atoms with Crippen molar-refractivity contribution in [1.82, 2.24) is 9.80 Å². The van der Waals surface area contributed by atoms with Crippen LogP contribution in [0.5, 0.6) is 0 Å². The molecule has 0 bridgehead atoms. The largest absolute Gasteiger partial charge is 0.399 e. The Balaban J connectivity index is 2.25. The summed E-state index contributed by atoms with van der Waals surface area (Å²) < 4.78 is 13.9. The third-order valence-electron chi connectivity index (χ3n) is 3.86. The standard InChI is InChI=1S/C15H22FN3O/c1-3-12-10-18(2)7-4-8-19(12)15(20)13-6-5-11(17)9-14(13)16/h5-6,9,12H,3-4,7-8,10,17H2,1-2H3. The first-order valence-corrected chi connectivity index (χ1v) is 7.07. The van der Waals surface area contributed by atoms with E-state index in [0.717, 1.165) is 25.9 Å². The number of hydrogen-bond donors (Lipinski definition) is 1. The molecule has 0 aromatic heterocycles. The molecular weight excluding hydrogens is 257 g/mol. The summed E-state index contributed by atoms with van der Waals surface area (Å²) in [7, 11) is 2.06. The van der Waals surface area contributed by atoms with E-state index in [1.54, 1.807) is 11.0 Å². The number of nitrogens with two attached hydrogens (primary N) is 1. The van der Waals surface area contributed by atoms with Crippen molar-refractivity contribution >= 4 is 11.6 Å². The van der Waals surface area contributed by atoms with Crippen molar-refractivity contribution in [3.8, 4) is 0 Å². The first-order valence-electron chi connectivity index (χ1n) is 7.07. The number of halogens is 1. The zero-order valence-electron chi connectivity index (χ0n) is 12.1. The molecule has 1 saturated heterocycles. The highest BCUT2D eigenvalue weighted by atomic mass is 19.1. The van der Waals surface area contributed by atoms with Gasteiger partial charge in [-0.1, -0.05) is 6.92 Å². The molecule has 1 amide bonds. The van der Waals surface area contributed by atoms with Gasteiger partial charge < -0.3 is 15.5 Å². The number of amides is 1. The smallest absolute Gasteiger partial charge is 0.257 e. The van der Waals surface area contributed by atoms with Gasteiger partial charge in [-0.25, -0.2) is 4.39 Å². The second kappa shape index (κ2) is 6.22. The zero-order chi connectivity index (χ0) is 14.7. The molecule has 1 aromatic carbocycles. The highest BCUT2D eigenvalue weighted by Gasteiger charge is 2.28. The van der Waals surface area contributed by atoms with Gasteiger partial charge >= 0.3 is 0 Å². The van der Waals surface area contributed by atoms with Gasteiger partial charge in [-0.15, -0.1) is 0 Å². The quantitative estimate of drug-likeness (QED) is 0.842. The molecule has 1 aliphatic heterocycles. The number of carbonyl (C=O) groups excluding carboxylic acids is 1. The van der Waals surface area contributed by atoms with Crippen LogP contribution in [0.1, 0.15) is 30.1 Å². The first kappa shape index (κ1) is 14.8. The fraction of sp³-hybridized carbons (Fsp3) is 0.533. The summed E-state index contributed by atoms with van der Waals surface area (Å²) in [6.45, 7) is 4.53. The molecule has 5 heteroatoms. The molecule has 0 aliphatic carbocycles. The molecule has 1 unspecified atom stereocenters. The molecule has 1 aliphatic rings. The normalized spacial score (nSPS) is 20.8. The van der Waals surface area contributed by atoms with E-state index in [0.29, 0.717) is 12.2 Å². The zero-order valence-corrected chi connectivity index (χ0v) is 12.1. The van der Waals surface area contributed by atoms with Crippen molar-refractivity contribution in [3.63, 3.8) is 0 Å². The van der Waals surface area contributed by atoms with Gasteiger partial charge in [0.05, 0.1) is 5.56 Å². The third-order valence-corrected chi connectivity index (χ3v) is 3.86. The van der Waals surface area contributed by atoms with Crippen LogP contribution < -0.4 is 5.73 Å². The van der Waals surface area contributed by atoms with E-state index in [1.165, 1.54) is 12.1 Å². The maximum absolute atomic E-state index is 13.9. The van der Waals surface area contributed by atoms with E-state index in [-0.39, 0.29) is 17.5 Å². The van der Waals surface area contributed by atoms with Crippen LogP contribution in [-0.2, 0) is 0 Å². The number of nitrogen functional groups attached to an aromatic ring is 1. The van der Waals surface area contributed by atoms with Crippen LogP contribution in [-0.4, -0.2) is 48.4 Å². The van der Waals surface area contributed by atoms with Crippen LogP contribution >= 0.6 is 0 Å². The average Bonchev–Trinajstić information content (AvgIpc) is 2.59. The van der Waals surface area contributed by atoms with Crippen LogP contribution in [0.4, 0.5) is 10.1 Å². The average molecular weight is 279 g/mol. The van der Waals surface area contributed by atoms with Crippen LogP contribution in [0.3, 0.4) is 0 Å². The Bertz CT molecular complexity index is 492. The maximum Gasteiger partial charge on any atom is 0.257 e. The molecule has 1 heterocycles. The van der Waals surface area contributed by atoms with Crippen LogP contribution in [0.15, 0.2) is 18.2 Å². The lowest BCUT2D eigenvalue weighted by Gasteiger charge is -2.30. The van der Waals surface area contributed by atoms with Gasteiger partial charge in [0, 0.05) is 24.8 Å². The number of likely N-dealkylation sites (N-methyl/N-ethyl adjacent to an activating group) is 1. The number of anilines is 1. The van der Waals surface area contributed by atoms with Gasteiger partial charge in [0.25, 0.3) is 5.91 Å². The molecule has 2 N–H and O–H groups in total. The predicted octanol–water partition coefficient (Wildman–Crippen LogP) is 1.96. The topological polar surface area (TPSA) is 49.6 Å². The highest BCUT2D eigenvalue weighted by molar-refractivity contribution is 5.95. The minimum absolute atomic E-state index is 0.113. The fourth-order valence-corrected chi connectivity index (χ4v) is 2.72. The summed E-state index contributed by atoms with van der Waals surface area (Å²) in [6.07, 6.45) is 1.78. The monoisotopic (exact) mass is 279 g/mol. The van der Waals surface area contributed by atoms with E-state index < -0.39 is 5.82 Å². The van der Waals surface area contributed by atoms with E-state index in [9.17, 15) is 9.18 Å². The van der Waals surface area contributed by atoms with Crippen molar-refractivity contribution in [2.45, 2.75) is 25.8 Å². The molecule has 20 heavy (non-hydrogen) atoms. The SMILES string of the molecule is CCC1CN(C)CCCN1C(=O)c1ccc(N)cc1F. The summed E-state index contributed by atoms with van der Waals surface area (Å²) >= 11 is 0. The second-order valence-electron chi connectivity index (χ2n) is 5.42. The van der Waals surface area contributed by atoms with Crippen LogP contribution in [0, 0.1) is 5.82 Å². The summed E-state index contributed by atoms with van der Waals surface area (Å²) in [5.74, 6) is -0.771. The second-order valence-corrected chi connectivity index (χ2v) is 5.42. The number of benzene rings is 1. The van der Waals surface area contributed by atoms with E-state index >= 15 is 0 Å². The van der Waals surface area contributed by atoms with Crippen molar-refractivity contribution in [2.75, 3.05) is 32.4 Å². The summed E-state index contributed by atoms with van der Waals surface area (Å²) in [6, 6.07) is 4.39. The molecule has 1 atom stereocenters. The van der Waals surface area contributed by atoms with Crippen molar-refractivity contribution in [2.24, 2.45) is 0 Å². The Labute approximate surface area is 119 Å². The molecule has 0 radical (unpaired) electrons. The summed E-state index contributed by atoms with van der Waals surface area (Å²) in [5, 5.41) is 0. The number of hydrogen-bond acceptors (Lipinski definition) is 3. The van der Waals surface area contributed by atoms with E-state index in [1.807, 2.05) is 0 Å². The van der Waals surface area contributed by atoms with Gasteiger partial charge in [-0.2, -0.15) is 0 Å². The van der Waals surface area contributed by atoms with Crippen LogP contribution in [0.2, 0.25) is 0 Å². The van der Waals surface area contributed by atoms with Crippen molar-refractivity contribution in [1.29, 1.82) is 0 Å². The maximum atomic E-state index is 13.9. The van der Waals surface area contributed by atoms with Gasteiger partial charge in [0.2, 0.25) is 0 Å². The molecule has 0 saturated carbocycles. The Morgan fingerprint density at radius 3 is 2.85 bits per heavy atom. The first-order chi connectivity index (χ1) is 9.52. The molecule has 2 rings (SSSR count). The molecular formula is C15H22FN3O. The lowest BCUT2D eigenvalue weighted by atomic mass is 10.1. The van der Waals surface area contributed by atoms with Crippen LogP contribution in [0.25, 0.3) is 0 Å². The fourth-order valence-electron chi connectivity index (χ4n) is 2.72. The Kier molecular flexibility index (Phi) is 4.60. The molecule has 1 aromatic rings. The van der Waals surface area contributed by atoms with Gasteiger partial charge in [0.15, 0.2) is 0 Å². The van der Waals surface area contributed by atoms with Gasteiger partial charge in [0.1, 0.15) is 5.82 Å². The van der Waals surface area contributed by atoms with Gasteiger partial charge in [-0.3, -0.25) is 4.79 Å². The third kappa shape index (κ3) is 3.10. The number of carbonyl (C=O) groups is 1. The Morgan fingerprint density at radius 2 is 2.20 bits per heavy atom. The summed E-state index contributed by atoms with van der Waals surface area (Å²) in [5.41, 5.74) is 5.98. The van der Waals surface area contributed by atoms with Gasteiger partial charge in [-0.05, 0) is 44.6 Å². The van der Waals surface area contributed by atoms with Crippen molar-refractivity contribution in [3.05, 3.63) is 29.6 Å². The van der Waals surface area contributed by atoms with E-state index in [4.69, 9.17) is 5.73 Å². The predicted molar refractivity (Wildman–Crippen MR) is 78.0 cm³/mol. The molecule has 110 valence electrons. The minimum Gasteiger partial charge on any atom is -0.399 e.